The lowest BCUT2D eigenvalue weighted by molar-refractivity contribution is 0.0588. The highest BCUT2D eigenvalue weighted by Crippen LogP contribution is 2.31. The highest BCUT2D eigenvalue weighted by Gasteiger charge is 2.32. The molecule has 0 aromatic carbocycles. The number of likely N-dealkylation sites (tertiary alicyclic amines) is 1. The fourth-order valence-electron chi connectivity index (χ4n) is 2.11. The van der Waals surface area contributed by atoms with Crippen molar-refractivity contribution in [3.05, 3.63) is 34.8 Å². The SMILES string of the molecule is CC(c1ccsc1)N1CC(n2ccnn2)C1. The minimum Gasteiger partial charge on any atom is -0.292 e. The number of rotatable bonds is 3. The molecule has 3 heterocycles. The third-order valence-corrected chi connectivity index (χ3v) is 3.98. The second-order valence-corrected chi connectivity index (χ2v) is 5.00. The van der Waals surface area contributed by atoms with E-state index in [2.05, 4.69) is 39.0 Å². The third-order valence-electron chi connectivity index (χ3n) is 3.28. The molecule has 0 spiro atoms. The predicted molar refractivity (Wildman–Crippen MR) is 63.4 cm³/mol. The Bertz CT molecular complexity index is 431. The van der Waals surface area contributed by atoms with Gasteiger partial charge in [0, 0.05) is 25.3 Å². The lowest BCUT2D eigenvalue weighted by Crippen LogP contribution is -2.48. The molecule has 16 heavy (non-hydrogen) atoms. The van der Waals surface area contributed by atoms with E-state index < -0.39 is 0 Å². The van der Waals surface area contributed by atoms with Crippen LogP contribution in [0.4, 0.5) is 0 Å². The van der Waals surface area contributed by atoms with Gasteiger partial charge < -0.3 is 0 Å². The minimum absolute atomic E-state index is 0.503. The van der Waals surface area contributed by atoms with E-state index >= 15 is 0 Å². The van der Waals surface area contributed by atoms with Crippen molar-refractivity contribution in [2.45, 2.75) is 19.0 Å². The topological polar surface area (TPSA) is 34.0 Å². The van der Waals surface area contributed by atoms with Gasteiger partial charge in [-0.3, -0.25) is 4.90 Å². The van der Waals surface area contributed by atoms with Gasteiger partial charge in [-0.15, -0.1) is 5.10 Å². The van der Waals surface area contributed by atoms with E-state index in [4.69, 9.17) is 0 Å². The van der Waals surface area contributed by atoms with E-state index in [1.54, 1.807) is 17.5 Å². The molecule has 3 rings (SSSR count). The first kappa shape index (κ1) is 9.99. The minimum atomic E-state index is 0.503. The Balaban J connectivity index is 1.61. The third kappa shape index (κ3) is 1.66. The fraction of sp³-hybridized carbons (Fsp3) is 0.455. The van der Waals surface area contributed by atoms with Crippen LogP contribution >= 0.6 is 11.3 Å². The normalized spacial score (nSPS) is 19.6. The van der Waals surface area contributed by atoms with Crippen LogP contribution in [-0.4, -0.2) is 33.0 Å². The summed E-state index contributed by atoms with van der Waals surface area (Å²) in [5.74, 6) is 0. The lowest BCUT2D eigenvalue weighted by Gasteiger charge is -2.42. The van der Waals surface area contributed by atoms with E-state index in [0.29, 0.717) is 12.1 Å². The molecule has 1 saturated heterocycles. The van der Waals surface area contributed by atoms with E-state index in [-0.39, 0.29) is 0 Å². The van der Waals surface area contributed by atoms with Crippen molar-refractivity contribution in [1.82, 2.24) is 19.9 Å². The zero-order valence-electron chi connectivity index (χ0n) is 9.15. The summed E-state index contributed by atoms with van der Waals surface area (Å²) >= 11 is 1.76. The Kier molecular flexibility index (Phi) is 2.49. The molecule has 5 heteroatoms. The Hall–Kier alpha value is -1.20. The second kappa shape index (κ2) is 3.99. The largest absolute Gasteiger partial charge is 0.292 e. The average Bonchev–Trinajstić information content (AvgIpc) is 2.88. The molecule has 0 saturated carbocycles. The second-order valence-electron chi connectivity index (χ2n) is 4.22. The molecule has 2 aromatic heterocycles. The molecule has 2 aromatic rings. The number of hydrogen-bond acceptors (Lipinski definition) is 4. The molecule has 1 unspecified atom stereocenters. The van der Waals surface area contributed by atoms with E-state index in [9.17, 15) is 0 Å². The maximum absolute atomic E-state index is 4.04. The van der Waals surface area contributed by atoms with Crippen molar-refractivity contribution in [3.8, 4) is 0 Å². The van der Waals surface area contributed by atoms with Crippen LogP contribution in [0.15, 0.2) is 29.2 Å². The summed E-state index contributed by atoms with van der Waals surface area (Å²) in [7, 11) is 0. The number of aromatic nitrogens is 3. The van der Waals surface area contributed by atoms with Crippen LogP contribution in [0.25, 0.3) is 0 Å². The zero-order valence-corrected chi connectivity index (χ0v) is 9.97. The van der Waals surface area contributed by atoms with Gasteiger partial charge in [0.2, 0.25) is 0 Å². The summed E-state index contributed by atoms with van der Waals surface area (Å²) in [5.41, 5.74) is 1.42. The van der Waals surface area contributed by atoms with Gasteiger partial charge in [-0.05, 0) is 29.3 Å². The molecule has 4 nitrogen and oxygen atoms in total. The van der Waals surface area contributed by atoms with Crippen molar-refractivity contribution in [1.29, 1.82) is 0 Å². The van der Waals surface area contributed by atoms with Gasteiger partial charge in [0.05, 0.1) is 12.2 Å². The van der Waals surface area contributed by atoms with Gasteiger partial charge in [-0.25, -0.2) is 4.68 Å². The lowest BCUT2D eigenvalue weighted by atomic mass is 10.0. The zero-order chi connectivity index (χ0) is 11.0. The van der Waals surface area contributed by atoms with Crippen molar-refractivity contribution in [2.24, 2.45) is 0 Å². The molecule has 1 aliphatic heterocycles. The first-order valence-electron chi connectivity index (χ1n) is 5.46. The number of hydrogen-bond donors (Lipinski definition) is 0. The van der Waals surface area contributed by atoms with Crippen LogP contribution in [-0.2, 0) is 0 Å². The summed E-state index contributed by atoms with van der Waals surface area (Å²) in [6, 6.07) is 3.23. The molecule has 0 bridgehead atoms. The Morgan fingerprint density at radius 2 is 2.38 bits per heavy atom. The molecule has 0 amide bonds. The Morgan fingerprint density at radius 3 is 3.00 bits per heavy atom. The smallest absolute Gasteiger partial charge is 0.0790 e. The molecule has 84 valence electrons. The van der Waals surface area contributed by atoms with Crippen LogP contribution in [0.1, 0.15) is 24.6 Å². The van der Waals surface area contributed by atoms with Crippen molar-refractivity contribution < 1.29 is 0 Å². The van der Waals surface area contributed by atoms with Crippen LogP contribution < -0.4 is 0 Å². The predicted octanol–water partition coefficient (Wildman–Crippen LogP) is 1.96. The van der Waals surface area contributed by atoms with Gasteiger partial charge in [0.1, 0.15) is 0 Å². The molecule has 1 aliphatic rings. The van der Waals surface area contributed by atoms with Crippen LogP contribution in [0.2, 0.25) is 0 Å². The highest BCUT2D eigenvalue weighted by molar-refractivity contribution is 7.07. The first-order chi connectivity index (χ1) is 7.84. The standard InChI is InChI=1S/C11H14N4S/c1-9(10-2-5-16-8-10)14-6-11(7-14)15-4-3-12-13-15/h2-5,8-9,11H,6-7H2,1H3. The molecule has 0 N–H and O–H groups in total. The summed E-state index contributed by atoms with van der Waals surface area (Å²) < 4.78 is 1.96. The van der Waals surface area contributed by atoms with E-state index in [0.717, 1.165) is 13.1 Å². The summed E-state index contributed by atoms with van der Waals surface area (Å²) in [6.45, 7) is 4.40. The van der Waals surface area contributed by atoms with Crippen molar-refractivity contribution >= 4 is 11.3 Å². The van der Waals surface area contributed by atoms with Gasteiger partial charge in [-0.2, -0.15) is 11.3 Å². The van der Waals surface area contributed by atoms with Crippen LogP contribution in [0, 0.1) is 0 Å². The van der Waals surface area contributed by atoms with Crippen LogP contribution in [0.5, 0.6) is 0 Å². The molecule has 1 atom stereocenters. The fourth-order valence-corrected chi connectivity index (χ4v) is 2.85. The quantitative estimate of drug-likeness (QED) is 0.814. The van der Waals surface area contributed by atoms with E-state index in [1.165, 1.54) is 5.56 Å². The molecular weight excluding hydrogens is 220 g/mol. The highest BCUT2D eigenvalue weighted by atomic mass is 32.1. The number of nitrogens with zero attached hydrogens (tertiary/aromatic N) is 4. The van der Waals surface area contributed by atoms with Gasteiger partial charge in [0.15, 0.2) is 0 Å². The van der Waals surface area contributed by atoms with Gasteiger partial charge in [0.25, 0.3) is 0 Å². The maximum atomic E-state index is 4.04. The summed E-state index contributed by atoms with van der Waals surface area (Å²) in [4.78, 5) is 2.47. The van der Waals surface area contributed by atoms with Crippen molar-refractivity contribution in [2.75, 3.05) is 13.1 Å². The Labute approximate surface area is 98.5 Å². The summed E-state index contributed by atoms with van der Waals surface area (Å²) in [6.07, 6.45) is 3.68. The average molecular weight is 234 g/mol. The Morgan fingerprint density at radius 1 is 1.50 bits per heavy atom. The monoisotopic (exact) mass is 234 g/mol. The van der Waals surface area contributed by atoms with Gasteiger partial charge in [-0.1, -0.05) is 5.21 Å². The van der Waals surface area contributed by atoms with Gasteiger partial charge >= 0.3 is 0 Å². The maximum Gasteiger partial charge on any atom is 0.0790 e. The number of thiophene rings is 1. The molecular formula is C11H14N4S. The van der Waals surface area contributed by atoms with Crippen molar-refractivity contribution in [3.63, 3.8) is 0 Å². The molecule has 1 fully saturated rings. The summed E-state index contributed by atoms with van der Waals surface area (Å²) in [5, 5.41) is 12.2. The first-order valence-corrected chi connectivity index (χ1v) is 6.41. The van der Waals surface area contributed by atoms with E-state index in [1.807, 2.05) is 10.9 Å². The van der Waals surface area contributed by atoms with Crippen LogP contribution in [0.3, 0.4) is 0 Å². The molecule has 0 aliphatic carbocycles. The molecule has 0 radical (unpaired) electrons.